The highest BCUT2D eigenvalue weighted by molar-refractivity contribution is 6.06. The lowest BCUT2D eigenvalue weighted by atomic mass is 10.0. The van der Waals surface area contributed by atoms with E-state index in [9.17, 15) is 0 Å². The van der Waals surface area contributed by atoms with Crippen molar-refractivity contribution in [2.24, 2.45) is 5.73 Å². The predicted octanol–water partition coefficient (Wildman–Crippen LogP) is 4.34. The fraction of sp³-hybridized carbons (Fsp3) is 0.310. The maximum atomic E-state index is 6.29. The first kappa shape index (κ1) is 23.7. The van der Waals surface area contributed by atoms with Crippen LogP contribution < -0.4 is 21.3 Å². The lowest BCUT2D eigenvalue weighted by Crippen LogP contribution is -2.44. The third-order valence-electron chi connectivity index (χ3n) is 6.78. The number of hydrogen-bond donors (Lipinski definition) is 3. The molecule has 7 nitrogen and oxygen atoms in total. The largest absolute Gasteiger partial charge is 0.378 e. The summed E-state index contributed by atoms with van der Waals surface area (Å²) in [6, 6.07) is 16.8. The number of aromatic nitrogens is 3. The monoisotopic (exact) mass is 479 g/mol. The van der Waals surface area contributed by atoms with E-state index in [2.05, 4.69) is 81.0 Å². The first-order chi connectivity index (χ1) is 17.6. The fourth-order valence-corrected chi connectivity index (χ4v) is 5.05. The van der Waals surface area contributed by atoms with Crippen LogP contribution in [-0.4, -0.2) is 40.7 Å². The van der Waals surface area contributed by atoms with Gasteiger partial charge in [-0.3, -0.25) is 9.55 Å². The van der Waals surface area contributed by atoms with Gasteiger partial charge in [0, 0.05) is 37.0 Å². The SMILES string of the molecule is C=C(NCc1nc2ccccc2c2ccccc12)c1c(NC)nc(N2CCC[C@@H](N)C2)n1CC#CC. The molecule has 0 radical (unpaired) electrons. The molecular formula is C29H33N7. The van der Waals surface area contributed by atoms with Gasteiger partial charge < -0.3 is 21.3 Å². The summed E-state index contributed by atoms with van der Waals surface area (Å²) in [6.07, 6.45) is 2.09. The van der Waals surface area contributed by atoms with Crippen LogP contribution in [0.5, 0.6) is 0 Å². The molecule has 1 saturated heterocycles. The molecule has 0 amide bonds. The molecule has 5 rings (SSSR count). The molecule has 36 heavy (non-hydrogen) atoms. The van der Waals surface area contributed by atoms with Crippen LogP contribution in [-0.2, 0) is 13.1 Å². The molecule has 0 aliphatic carbocycles. The number of benzene rings is 2. The topological polar surface area (TPSA) is 84.0 Å². The van der Waals surface area contributed by atoms with Crippen LogP contribution in [0, 0.1) is 11.8 Å². The van der Waals surface area contributed by atoms with E-state index in [4.69, 9.17) is 15.7 Å². The highest BCUT2D eigenvalue weighted by Gasteiger charge is 2.26. The van der Waals surface area contributed by atoms with E-state index in [1.165, 1.54) is 5.39 Å². The number of pyridine rings is 1. The maximum Gasteiger partial charge on any atom is 0.208 e. The van der Waals surface area contributed by atoms with Gasteiger partial charge in [-0.1, -0.05) is 55.0 Å². The van der Waals surface area contributed by atoms with Gasteiger partial charge in [-0.2, -0.15) is 4.98 Å². The first-order valence-corrected chi connectivity index (χ1v) is 12.5. The Hall–Kier alpha value is -4.02. The molecule has 3 heterocycles. The van der Waals surface area contributed by atoms with Gasteiger partial charge >= 0.3 is 0 Å². The van der Waals surface area contributed by atoms with Crippen LogP contribution in [0.15, 0.2) is 55.1 Å². The van der Waals surface area contributed by atoms with Gasteiger partial charge in [-0.25, -0.2) is 0 Å². The van der Waals surface area contributed by atoms with Gasteiger partial charge in [0.2, 0.25) is 5.95 Å². The fourth-order valence-electron chi connectivity index (χ4n) is 5.05. The summed E-state index contributed by atoms with van der Waals surface area (Å²) in [6.45, 7) is 9.04. The van der Waals surface area contributed by atoms with Gasteiger partial charge in [-0.05, 0) is 31.2 Å². The van der Waals surface area contributed by atoms with Crippen LogP contribution in [0.1, 0.15) is 31.2 Å². The molecule has 2 aromatic carbocycles. The summed E-state index contributed by atoms with van der Waals surface area (Å²) in [5.41, 5.74) is 9.94. The lowest BCUT2D eigenvalue weighted by Gasteiger charge is -2.31. The second-order valence-corrected chi connectivity index (χ2v) is 9.17. The summed E-state index contributed by atoms with van der Waals surface area (Å²) >= 11 is 0. The molecule has 184 valence electrons. The average Bonchev–Trinajstić information content (AvgIpc) is 3.29. The van der Waals surface area contributed by atoms with Gasteiger partial charge in [-0.15, -0.1) is 5.92 Å². The molecule has 1 aliphatic heterocycles. The van der Waals surface area contributed by atoms with Crippen molar-refractivity contribution in [1.29, 1.82) is 0 Å². The summed E-state index contributed by atoms with van der Waals surface area (Å²) in [5, 5.41) is 10.3. The molecule has 4 N–H and O–H groups in total. The first-order valence-electron chi connectivity index (χ1n) is 12.5. The lowest BCUT2D eigenvalue weighted by molar-refractivity contribution is 0.495. The van der Waals surface area contributed by atoms with Crippen molar-refractivity contribution >= 4 is 39.1 Å². The number of hydrogen-bond acceptors (Lipinski definition) is 6. The van der Waals surface area contributed by atoms with E-state index in [1.807, 2.05) is 20.0 Å². The number of fused-ring (bicyclic) bond motifs is 3. The summed E-state index contributed by atoms with van der Waals surface area (Å²) in [5.74, 6) is 7.89. The molecule has 1 atom stereocenters. The minimum absolute atomic E-state index is 0.149. The Morgan fingerprint density at radius 2 is 1.86 bits per heavy atom. The highest BCUT2D eigenvalue weighted by Crippen LogP contribution is 2.30. The second kappa shape index (κ2) is 10.3. The Balaban J connectivity index is 1.49. The molecule has 2 aromatic heterocycles. The van der Waals surface area contributed by atoms with E-state index in [-0.39, 0.29) is 6.04 Å². The minimum Gasteiger partial charge on any atom is -0.378 e. The van der Waals surface area contributed by atoms with Crippen LogP contribution in [0.3, 0.4) is 0 Å². The third kappa shape index (κ3) is 4.48. The summed E-state index contributed by atoms with van der Waals surface area (Å²) < 4.78 is 2.14. The van der Waals surface area contributed by atoms with Crippen molar-refractivity contribution in [3.8, 4) is 11.8 Å². The Kier molecular flexibility index (Phi) is 6.79. The molecule has 0 bridgehead atoms. The molecule has 4 aromatic rings. The van der Waals surface area contributed by atoms with Crippen LogP contribution in [0.2, 0.25) is 0 Å². The number of rotatable bonds is 7. The highest BCUT2D eigenvalue weighted by atomic mass is 15.3. The molecular weight excluding hydrogens is 446 g/mol. The zero-order valence-electron chi connectivity index (χ0n) is 21.0. The van der Waals surface area contributed by atoms with Crippen LogP contribution in [0.25, 0.3) is 27.4 Å². The summed E-state index contributed by atoms with van der Waals surface area (Å²) in [4.78, 5) is 12.2. The van der Waals surface area contributed by atoms with Gasteiger partial charge in [0.05, 0.1) is 30.0 Å². The van der Waals surface area contributed by atoms with Crippen molar-refractivity contribution in [2.75, 3.05) is 30.4 Å². The van der Waals surface area contributed by atoms with Crippen LogP contribution in [0.4, 0.5) is 11.8 Å². The normalized spacial score (nSPS) is 15.5. The minimum atomic E-state index is 0.149. The number of nitrogens with two attached hydrogens (primary N) is 1. The standard InChI is InChI=1S/C29H33N7/c1-4-5-17-36-27(28(31-3)34-29(36)35-16-10-11-21(30)19-35)20(2)32-18-26-24-14-7-6-12-22(24)23-13-8-9-15-25(23)33-26/h6-9,12-15,21,31-32H,2,10-11,16-19,30H2,1,3H3/t21-/m1/s1. The molecule has 0 spiro atoms. The molecule has 0 saturated carbocycles. The van der Waals surface area contributed by atoms with Crippen molar-refractivity contribution in [3.05, 3.63) is 66.5 Å². The Bertz CT molecular complexity index is 1470. The predicted molar refractivity (Wildman–Crippen MR) is 150 cm³/mol. The Morgan fingerprint density at radius 3 is 2.61 bits per heavy atom. The molecule has 1 fully saturated rings. The number of imidazole rings is 1. The van der Waals surface area contributed by atoms with Gasteiger partial charge in [0.15, 0.2) is 5.82 Å². The van der Waals surface area contributed by atoms with Crippen molar-refractivity contribution in [3.63, 3.8) is 0 Å². The molecule has 0 unspecified atom stereocenters. The molecule has 7 heteroatoms. The maximum absolute atomic E-state index is 6.29. The van der Waals surface area contributed by atoms with E-state index in [0.717, 1.165) is 71.1 Å². The zero-order chi connectivity index (χ0) is 25.1. The number of para-hydroxylation sites is 1. The zero-order valence-corrected chi connectivity index (χ0v) is 21.0. The Labute approximate surface area is 212 Å². The van der Waals surface area contributed by atoms with Crippen molar-refractivity contribution in [1.82, 2.24) is 19.9 Å². The van der Waals surface area contributed by atoms with Gasteiger partial charge in [0.1, 0.15) is 5.69 Å². The van der Waals surface area contributed by atoms with Crippen LogP contribution >= 0.6 is 0 Å². The van der Waals surface area contributed by atoms with Crippen molar-refractivity contribution < 1.29 is 0 Å². The van der Waals surface area contributed by atoms with Crippen molar-refractivity contribution in [2.45, 2.75) is 38.9 Å². The van der Waals surface area contributed by atoms with E-state index >= 15 is 0 Å². The quantitative estimate of drug-likeness (QED) is 0.270. The van der Waals surface area contributed by atoms with Gasteiger partial charge in [0.25, 0.3) is 0 Å². The number of anilines is 2. The number of piperidine rings is 1. The summed E-state index contributed by atoms with van der Waals surface area (Å²) in [7, 11) is 1.89. The smallest absolute Gasteiger partial charge is 0.208 e. The van der Waals surface area contributed by atoms with E-state index in [0.29, 0.717) is 13.1 Å². The van der Waals surface area contributed by atoms with E-state index < -0.39 is 0 Å². The number of nitrogens with one attached hydrogen (secondary N) is 2. The Morgan fingerprint density at radius 1 is 1.11 bits per heavy atom. The third-order valence-corrected chi connectivity index (χ3v) is 6.78. The molecule has 1 aliphatic rings. The average molecular weight is 480 g/mol. The number of nitrogens with zero attached hydrogens (tertiary/aromatic N) is 4. The van der Waals surface area contributed by atoms with E-state index in [1.54, 1.807) is 0 Å². The second-order valence-electron chi connectivity index (χ2n) is 9.17.